The second kappa shape index (κ2) is 3.76. The third-order valence-electron chi connectivity index (χ3n) is 2.22. The van der Waals surface area contributed by atoms with Crippen LogP contribution in [0.4, 0.5) is 4.39 Å². The average molecular weight is 292 g/mol. The van der Waals surface area contributed by atoms with Crippen molar-refractivity contribution < 1.29 is 4.39 Å². The number of imidazole rings is 1. The summed E-state index contributed by atoms with van der Waals surface area (Å²) >= 11 is 9.21. The van der Waals surface area contributed by atoms with Gasteiger partial charge in [0.05, 0.1) is 15.5 Å². The minimum Gasteiger partial charge on any atom is -0.311 e. The molecular weight excluding hydrogens is 282 g/mol. The molecule has 0 atom stereocenters. The minimum absolute atomic E-state index is 0.139. The number of halogens is 3. The fourth-order valence-corrected chi connectivity index (χ4v) is 2.46. The number of hydrogen-bond acceptors (Lipinski definition) is 1. The van der Waals surface area contributed by atoms with Crippen molar-refractivity contribution in [1.29, 1.82) is 0 Å². The highest BCUT2D eigenvalue weighted by atomic mass is 79.9. The SMILES string of the molecule is CC(C)n1c(Cl)nc2ccc(F)c(Br)c21. The summed E-state index contributed by atoms with van der Waals surface area (Å²) in [5, 5.41) is 0.381. The molecule has 0 aliphatic carbocycles. The van der Waals surface area contributed by atoms with Gasteiger partial charge in [0.15, 0.2) is 0 Å². The third kappa shape index (κ3) is 1.66. The van der Waals surface area contributed by atoms with Crippen LogP contribution in [0.1, 0.15) is 19.9 Å². The smallest absolute Gasteiger partial charge is 0.204 e. The number of aromatic nitrogens is 2. The van der Waals surface area contributed by atoms with Gasteiger partial charge in [0.2, 0.25) is 5.28 Å². The molecule has 1 aromatic carbocycles. The van der Waals surface area contributed by atoms with E-state index in [1.807, 2.05) is 13.8 Å². The number of benzene rings is 1. The van der Waals surface area contributed by atoms with Crippen LogP contribution in [0.3, 0.4) is 0 Å². The van der Waals surface area contributed by atoms with Gasteiger partial charge in [0, 0.05) is 6.04 Å². The number of fused-ring (bicyclic) bond motifs is 1. The Hall–Kier alpha value is -0.610. The molecule has 0 saturated carbocycles. The molecule has 0 fully saturated rings. The average Bonchev–Trinajstić information content (AvgIpc) is 2.49. The summed E-state index contributed by atoms with van der Waals surface area (Å²) in [6.07, 6.45) is 0. The predicted molar refractivity (Wildman–Crippen MR) is 62.8 cm³/mol. The second-order valence-corrected chi connectivity index (χ2v) is 4.70. The largest absolute Gasteiger partial charge is 0.311 e. The maximum atomic E-state index is 13.4. The molecule has 0 spiro atoms. The molecule has 0 N–H and O–H groups in total. The lowest BCUT2D eigenvalue weighted by atomic mass is 10.3. The molecular formula is C10H9BrClFN2. The highest BCUT2D eigenvalue weighted by Crippen LogP contribution is 2.31. The van der Waals surface area contributed by atoms with Crippen molar-refractivity contribution in [2.45, 2.75) is 19.9 Å². The van der Waals surface area contributed by atoms with Gasteiger partial charge in [-0.05, 0) is 53.5 Å². The van der Waals surface area contributed by atoms with Crippen LogP contribution in [0.2, 0.25) is 5.28 Å². The van der Waals surface area contributed by atoms with Crippen LogP contribution in [0.15, 0.2) is 16.6 Å². The van der Waals surface area contributed by atoms with Crippen LogP contribution in [0, 0.1) is 5.82 Å². The van der Waals surface area contributed by atoms with Gasteiger partial charge in [-0.15, -0.1) is 0 Å². The molecule has 2 rings (SSSR count). The fourth-order valence-electron chi connectivity index (χ4n) is 1.57. The zero-order chi connectivity index (χ0) is 11.2. The van der Waals surface area contributed by atoms with Crippen molar-refractivity contribution in [3.8, 4) is 0 Å². The van der Waals surface area contributed by atoms with E-state index in [1.54, 1.807) is 10.6 Å². The maximum Gasteiger partial charge on any atom is 0.204 e. The first kappa shape index (κ1) is 10.9. The molecule has 0 amide bonds. The van der Waals surface area contributed by atoms with Crippen molar-refractivity contribution in [1.82, 2.24) is 9.55 Å². The first-order valence-corrected chi connectivity index (χ1v) is 5.71. The summed E-state index contributed by atoms with van der Waals surface area (Å²) in [5.74, 6) is -0.305. The van der Waals surface area contributed by atoms with E-state index in [-0.39, 0.29) is 11.9 Å². The monoisotopic (exact) mass is 290 g/mol. The van der Waals surface area contributed by atoms with Crippen LogP contribution in [0.25, 0.3) is 11.0 Å². The van der Waals surface area contributed by atoms with E-state index in [1.165, 1.54) is 6.07 Å². The first-order chi connectivity index (χ1) is 7.02. The van der Waals surface area contributed by atoms with Crippen molar-refractivity contribution >= 4 is 38.6 Å². The number of rotatable bonds is 1. The Labute approximate surface area is 100 Å². The molecule has 0 saturated heterocycles. The van der Waals surface area contributed by atoms with Crippen LogP contribution in [-0.2, 0) is 0 Å². The Morgan fingerprint density at radius 1 is 1.47 bits per heavy atom. The Balaban J connectivity index is 2.90. The first-order valence-electron chi connectivity index (χ1n) is 4.53. The highest BCUT2D eigenvalue weighted by Gasteiger charge is 2.16. The zero-order valence-electron chi connectivity index (χ0n) is 8.26. The van der Waals surface area contributed by atoms with E-state index < -0.39 is 0 Å². The molecule has 0 unspecified atom stereocenters. The normalized spacial score (nSPS) is 11.6. The lowest BCUT2D eigenvalue weighted by Gasteiger charge is -2.10. The summed E-state index contributed by atoms with van der Waals surface area (Å²) in [6, 6.07) is 3.14. The van der Waals surface area contributed by atoms with Gasteiger partial charge >= 0.3 is 0 Å². The molecule has 0 bridgehead atoms. The standard InChI is InChI=1S/C10H9BrClFN2/c1-5(2)15-9-7(14-10(15)12)4-3-6(13)8(9)11/h3-5H,1-2H3. The lowest BCUT2D eigenvalue weighted by Crippen LogP contribution is -2.01. The minimum atomic E-state index is -0.305. The summed E-state index contributed by atoms with van der Waals surface area (Å²) in [4.78, 5) is 4.17. The molecule has 2 aromatic rings. The van der Waals surface area contributed by atoms with Gasteiger partial charge in [-0.25, -0.2) is 9.37 Å². The Kier molecular flexibility index (Phi) is 2.73. The molecule has 80 valence electrons. The van der Waals surface area contributed by atoms with Gasteiger partial charge in [0.25, 0.3) is 0 Å². The summed E-state index contributed by atoms with van der Waals surface area (Å²) < 4.78 is 15.6. The molecule has 5 heteroatoms. The lowest BCUT2D eigenvalue weighted by molar-refractivity contribution is 0.605. The number of hydrogen-bond donors (Lipinski definition) is 0. The predicted octanol–water partition coefficient (Wildman–Crippen LogP) is 4.17. The fraction of sp³-hybridized carbons (Fsp3) is 0.300. The summed E-state index contributed by atoms with van der Waals surface area (Å²) in [5.41, 5.74) is 1.40. The van der Waals surface area contributed by atoms with E-state index in [2.05, 4.69) is 20.9 Å². The van der Waals surface area contributed by atoms with Gasteiger partial charge in [-0.3, -0.25) is 0 Å². The van der Waals surface area contributed by atoms with Crippen LogP contribution in [-0.4, -0.2) is 9.55 Å². The van der Waals surface area contributed by atoms with E-state index >= 15 is 0 Å². The quantitative estimate of drug-likeness (QED) is 0.771. The summed E-state index contributed by atoms with van der Waals surface area (Å²) in [6.45, 7) is 3.95. The van der Waals surface area contributed by atoms with E-state index in [4.69, 9.17) is 11.6 Å². The van der Waals surface area contributed by atoms with E-state index in [9.17, 15) is 4.39 Å². The van der Waals surface area contributed by atoms with Crippen molar-refractivity contribution in [3.05, 3.63) is 27.7 Å². The maximum absolute atomic E-state index is 13.4. The topological polar surface area (TPSA) is 17.8 Å². The zero-order valence-corrected chi connectivity index (χ0v) is 10.6. The molecule has 1 aromatic heterocycles. The molecule has 1 heterocycles. The number of nitrogens with zero attached hydrogens (tertiary/aromatic N) is 2. The Morgan fingerprint density at radius 3 is 2.73 bits per heavy atom. The van der Waals surface area contributed by atoms with E-state index in [0.717, 1.165) is 0 Å². The van der Waals surface area contributed by atoms with Crippen molar-refractivity contribution in [3.63, 3.8) is 0 Å². The third-order valence-corrected chi connectivity index (χ3v) is 3.24. The second-order valence-electron chi connectivity index (χ2n) is 3.57. The molecule has 2 nitrogen and oxygen atoms in total. The van der Waals surface area contributed by atoms with E-state index in [0.29, 0.717) is 20.8 Å². The van der Waals surface area contributed by atoms with Gasteiger partial charge in [-0.2, -0.15) is 0 Å². The molecule has 0 radical (unpaired) electrons. The molecule has 0 aliphatic heterocycles. The van der Waals surface area contributed by atoms with Gasteiger partial charge in [0.1, 0.15) is 5.82 Å². The van der Waals surface area contributed by atoms with Crippen molar-refractivity contribution in [2.24, 2.45) is 0 Å². The molecule has 15 heavy (non-hydrogen) atoms. The molecule has 0 aliphatic rings. The van der Waals surface area contributed by atoms with Gasteiger partial charge in [-0.1, -0.05) is 0 Å². The van der Waals surface area contributed by atoms with Crippen LogP contribution in [0.5, 0.6) is 0 Å². The summed E-state index contributed by atoms with van der Waals surface area (Å²) in [7, 11) is 0. The highest BCUT2D eigenvalue weighted by molar-refractivity contribution is 9.10. The Morgan fingerprint density at radius 2 is 2.13 bits per heavy atom. The van der Waals surface area contributed by atoms with Crippen LogP contribution < -0.4 is 0 Å². The van der Waals surface area contributed by atoms with Crippen LogP contribution >= 0.6 is 27.5 Å². The Bertz CT molecular complexity index is 522. The van der Waals surface area contributed by atoms with Crippen molar-refractivity contribution in [2.75, 3.05) is 0 Å². The van der Waals surface area contributed by atoms with Gasteiger partial charge < -0.3 is 4.57 Å².